The third kappa shape index (κ3) is 4.25. The van der Waals surface area contributed by atoms with Gasteiger partial charge in [0.05, 0.1) is 22.5 Å². The highest BCUT2D eigenvalue weighted by atomic mass is 16.3. The number of hydrogen-bond donors (Lipinski definition) is 5. The third-order valence-corrected chi connectivity index (χ3v) is 5.41. The van der Waals surface area contributed by atoms with Gasteiger partial charge in [-0.05, 0) is 31.7 Å². The number of aromatic amines is 1. The summed E-state index contributed by atoms with van der Waals surface area (Å²) >= 11 is 0. The summed E-state index contributed by atoms with van der Waals surface area (Å²) in [6, 6.07) is 10.7. The molecule has 2 heterocycles. The summed E-state index contributed by atoms with van der Waals surface area (Å²) in [6.07, 6.45) is 3.84. The van der Waals surface area contributed by atoms with E-state index in [2.05, 4.69) is 31.1 Å². The van der Waals surface area contributed by atoms with Crippen molar-refractivity contribution in [3.05, 3.63) is 53.9 Å². The molecule has 9 nitrogen and oxygen atoms in total. The molecule has 1 unspecified atom stereocenters. The van der Waals surface area contributed by atoms with Crippen molar-refractivity contribution >= 4 is 28.7 Å². The van der Waals surface area contributed by atoms with Gasteiger partial charge in [-0.25, -0.2) is 9.78 Å². The average Bonchev–Trinajstić information content (AvgIpc) is 3.14. The van der Waals surface area contributed by atoms with Crippen molar-refractivity contribution in [1.82, 2.24) is 25.8 Å². The van der Waals surface area contributed by atoms with E-state index in [1.54, 1.807) is 6.07 Å². The fourth-order valence-corrected chi connectivity index (χ4v) is 3.42. The number of pyridine rings is 1. The van der Waals surface area contributed by atoms with Gasteiger partial charge in [0.25, 0.3) is 5.91 Å². The van der Waals surface area contributed by atoms with Crippen molar-refractivity contribution in [3.63, 3.8) is 0 Å². The molecule has 4 rings (SSSR count). The third-order valence-electron chi connectivity index (χ3n) is 5.41. The molecule has 1 aliphatic rings. The molecule has 0 saturated heterocycles. The Hall–Kier alpha value is -3.46. The lowest BCUT2D eigenvalue weighted by Crippen LogP contribution is -2.47. The van der Waals surface area contributed by atoms with Crippen molar-refractivity contribution in [2.24, 2.45) is 0 Å². The Kier molecular flexibility index (Phi) is 5.37. The maximum Gasteiger partial charge on any atom is 0.320 e. The highest BCUT2D eigenvalue weighted by Gasteiger charge is 2.34. The zero-order valence-electron chi connectivity index (χ0n) is 16.6. The molecule has 9 heteroatoms. The second-order valence-corrected chi connectivity index (χ2v) is 7.68. The normalized spacial score (nSPS) is 15.8. The van der Waals surface area contributed by atoms with Crippen LogP contribution in [0.2, 0.25) is 0 Å². The zero-order chi connectivity index (χ0) is 21.1. The number of hydrogen-bond acceptors (Lipinski definition) is 5. The number of H-pyrrole nitrogens is 1. The Bertz CT molecular complexity index is 1060. The first-order chi connectivity index (χ1) is 14.4. The first kappa shape index (κ1) is 19.8. The predicted molar refractivity (Wildman–Crippen MR) is 112 cm³/mol. The smallest absolute Gasteiger partial charge is 0.320 e. The van der Waals surface area contributed by atoms with Crippen LogP contribution in [0.1, 0.15) is 48.3 Å². The highest BCUT2D eigenvalue weighted by Crippen LogP contribution is 2.30. The minimum Gasteiger partial charge on any atom is -0.388 e. The maximum atomic E-state index is 12.4. The molecule has 0 aliphatic heterocycles. The lowest BCUT2D eigenvalue weighted by atomic mass is 9.80. The Labute approximate surface area is 173 Å². The number of carbonyl (C=O) groups is 2. The van der Waals surface area contributed by atoms with Crippen LogP contribution in [0.15, 0.2) is 42.6 Å². The summed E-state index contributed by atoms with van der Waals surface area (Å²) in [5.74, 6) is -0.0434. The molecular formula is C21H24N6O3. The molecule has 1 aromatic carbocycles. The molecule has 3 aromatic rings. The van der Waals surface area contributed by atoms with Crippen LogP contribution >= 0.6 is 0 Å². The van der Waals surface area contributed by atoms with Gasteiger partial charge in [-0.3, -0.25) is 15.2 Å². The molecular weight excluding hydrogens is 384 g/mol. The van der Waals surface area contributed by atoms with Crippen LogP contribution < -0.4 is 16.0 Å². The number of fused-ring (bicyclic) bond motifs is 1. The van der Waals surface area contributed by atoms with Gasteiger partial charge in [0.2, 0.25) is 0 Å². The van der Waals surface area contributed by atoms with E-state index >= 15 is 0 Å². The second-order valence-electron chi connectivity index (χ2n) is 7.68. The van der Waals surface area contributed by atoms with Crippen LogP contribution in [0.4, 0.5) is 10.6 Å². The zero-order valence-corrected chi connectivity index (χ0v) is 16.6. The summed E-state index contributed by atoms with van der Waals surface area (Å²) in [5.41, 5.74) is 0.964. The van der Waals surface area contributed by atoms with Crippen LogP contribution in [-0.4, -0.2) is 44.4 Å². The van der Waals surface area contributed by atoms with Gasteiger partial charge in [-0.15, -0.1) is 0 Å². The van der Waals surface area contributed by atoms with E-state index in [4.69, 9.17) is 0 Å². The standard InChI is InChI=1S/C21H24N6O3/c1-13(14-6-3-2-4-7-14)24-20(29)25-17-10-16-15(11-22-17)18(27-26-16)19(28)23-12-21(30)8-5-9-21/h2-4,6-7,10-11,13,30H,5,8-9,12H2,1H3,(H,23,28)(H,26,27)(H2,22,24,25,29). The van der Waals surface area contributed by atoms with E-state index in [9.17, 15) is 14.7 Å². The fraction of sp³-hybridized carbons (Fsp3) is 0.333. The SMILES string of the molecule is CC(NC(=O)Nc1cc2[nH]nc(C(=O)NCC3(O)CCC3)c2cn1)c1ccccc1. The highest BCUT2D eigenvalue weighted by molar-refractivity contribution is 6.05. The van der Waals surface area contributed by atoms with E-state index in [-0.39, 0.29) is 30.2 Å². The molecule has 0 spiro atoms. The number of urea groups is 1. The molecule has 1 atom stereocenters. The Morgan fingerprint density at radius 2 is 2.03 bits per heavy atom. The molecule has 5 N–H and O–H groups in total. The van der Waals surface area contributed by atoms with Crippen LogP contribution in [0.25, 0.3) is 10.9 Å². The summed E-state index contributed by atoms with van der Waals surface area (Å²) < 4.78 is 0. The number of nitrogens with one attached hydrogen (secondary N) is 4. The molecule has 30 heavy (non-hydrogen) atoms. The van der Waals surface area contributed by atoms with Crippen LogP contribution in [0.3, 0.4) is 0 Å². The number of nitrogens with zero attached hydrogens (tertiary/aromatic N) is 2. The maximum absolute atomic E-state index is 12.4. The van der Waals surface area contributed by atoms with Crippen LogP contribution in [-0.2, 0) is 0 Å². The Morgan fingerprint density at radius 1 is 1.27 bits per heavy atom. The molecule has 156 valence electrons. The molecule has 3 amide bonds. The Morgan fingerprint density at radius 3 is 2.73 bits per heavy atom. The minimum absolute atomic E-state index is 0.164. The van der Waals surface area contributed by atoms with Crippen molar-refractivity contribution in [3.8, 4) is 0 Å². The number of rotatable bonds is 6. The number of anilines is 1. The van der Waals surface area contributed by atoms with Gasteiger partial charge < -0.3 is 15.7 Å². The van der Waals surface area contributed by atoms with Crippen LogP contribution in [0.5, 0.6) is 0 Å². The molecule has 1 aliphatic carbocycles. The molecule has 0 radical (unpaired) electrons. The quantitative estimate of drug-likeness (QED) is 0.427. The molecule has 2 aromatic heterocycles. The lowest BCUT2D eigenvalue weighted by molar-refractivity contribution is -0.0300. The molecule has 1 saturated carbocycles. The first-order valence-electron chi connectivity index (χ1n) is 9.91. The van der Waals surface area contributed by atoms with E-state index in [0.717, 1.165) is 12.0 Å². The molecule has 0 bridgehead atoms. The van der Waals surface area contributed by atoms with Crippen molar-refractivity contribution in [2.45, 2.75) is 37.8 Å². The van der Waals surface area contributed by atoms with E-state index in [1.807, 2.05) is 37.3 Å². The summed E-state index contributed by atoms with van der Waals surface area (Å²) in [4.78, 5) is 28.9. The van der Waals surface area contributed by atoms with Crippen molar-refractivity contribution in [2.75, 3.05) is 11.9 Å². The number of carbonyl (C=O) groups excluding carboxylic acids is 2. The summed E-state index contributed by atoms with van der Waals surface area (Å²) in [7, 11) is 0. The van der Waals surface area contributed by atoms with Crippen LogP contribution in [0, 0.1) is 0 Å². The second kappa shape index (κ2) is 8.11. The van der Waals surface area contributed by atoms with E-state index in [1.165, 1.54) is 6.20 Å². The number of aromatic nitrogens is 3. The van der Waals surface area contributed by atoms with Gasteiger partial charge in [0.1, 0.15) is 5.82 Å². The summed E-state index contributed by atoms with van der Waals surface area (Å²) in [6.45, 7) is 2.10. The van der Waals surface area contributed by atoms with Gasteiger partial charge in [0, 0.05) is 18.8 Å². The molecule has 1 fully saturated rings. The lowest BCUT2D eigenvalue weighted by Gasteiger charge is -2.36. The Balaban J connectivity index is 1.39. The largest absolute Gasteiger partial charge is 0.388 e. The number of aliphatic hydroxyl groups is 1. The predicted octanol–water partition coefficient (Wildman–Crippen LogP) is 2.49. The topological polar surface area (TPSA) is 132 Å². The fourth-order valence-electron chi connectivity index (χ4n) is 3.42. The first-order valence-corrected chi connectivity index (χ1v) is 9.91. The monoisotopic (exact) mass is 408 g/mol. The van der Waals surface area contributed by atoms with E-state index < -0.39 is 5.60 Å². The van der Waals surface area contributed by atoms with Crippen molar-refractivity contribution in [1.29, 1.82) is 0 Å². The number of amides is 3. The van der Waals surface area contributed by atoms with Gasteiger partial charge >= 0.3 is 6.03 Å². The number of benzene rings is 1. The van der Waals surface area contributed by atoms with Crippen molar-refractivity contribution < 1.29 is 14.7 Å². The summed E-state index contributed by atoms with van der Waals surface area (Å²) in [5, 5.41) is 25.8. The van der Waals surface area contributed by atoms with Gasteiger partial charge in [-0.1, -0.05) is 30.3 Å². The van der Waals surface area contributed by atoms with E-state index in [0.29, 0.717) is 29.6 Å². The average molecular weight is 408 g/mol. The minimum atomic E-state index is -0.804. The van der Waals surface area contributed by atoms with Gasteiger partial charge in [-0.2, -0.15) is 5.10 Å². The van der Waals surface area contributed by atoms with Gasteiger partial charge in [0.15, 0.2) is 5.69 Å².